The molecule has 1 aromatic heterocycles. The van der Waals surface area contributed by atoms with Crippen LogP contribution in [0.3, 0.4) is 0 Å². The lowest BCUT2D eigenvalue weighted by Crippen LogP contribution is -2.43. The van der Waals surface area contributed by atoms with Crippen molar-refractivity contribution in [2.75, 3.05) is 24.5 Å². The number of piperidine rings is 1. The highest BCUT2D eigenvalue weighted by Crippen LogP contribution is 2.37. The number of pyridine rings is 1. The Morgan fingerprint density at radius 2 is 1.74 bits per heavy atom. The molecule has 3 heterocycles. The zero-order valence-corrected chi connectivity index (χ0v) is 23.4. The summed E-state index contributed by atoms with van der Waals surface area (Å²) in [7, 11) is 0. The highest BCUT2D eigenvalue weighted by molar-refractivity contribution is 8.26. The van der Waals surface area contributed by atoms with Gasteiger partial charge in [-0.15, -0.1) is 0 Å². The number of nitriles is 1. The minimum atomic E-state index is -0.233. The summed E-state index contributed by atoms with van der Waals surface area (Å²) in [6.45, 7) is 13.4. The van der Waals surface area contributed by atoms with Crippen molar-refractivity contribution in [3.05, 3.63) is 31.9 Å². The molecule has 0 saturated carbocycles. The first-order valence-electron chi connectivity index (χ1n) is 12.9. The number of amides is 1. The van der Waals surface area contributed by atoms with Crippen LogP contribution in [0.5, 0.6) is 0 Å². The number of hydrogen-bond donors (Lipinski definition) is 0. The average molecular weight is 515 g/mol. The van der Waals surface area contributed by atoms with Crippen molar-refractivity contribution in [1.29, 1.82) is 5.26 Å². The highest BCUT2D eigenvalue weighted by atomic mass is 32.2. The molecule has 0 aromatic carbocycles. The van der Waals surface area contributed by atoms with Gasteiger partial charge in [-0.1, -0.05) is 70.9 Å². The monoisotopic (exact) mass is 514 g/mol. The second-order valence-electron chi connectivity index (χ2n) is 10.1. The second kappa shape index (κ2) is 12.2. The lowest BCUT2D eigenvalue weighted by atomic mass is 9.91. The standard InChI is InChI=1S/C27H38N4O2S2/c1-6-8-10-12-31-26(33)23(35-27(31)34)14-21-20(5)22(15-28)25(32)30(11-9-7-2)24(21)29-16-18(3)13-19(4)17-29/h14,18-19H,6-13,16-17H2,1-5H3/b23-14-. The summed E-state index contributed by atoms with van der Waals surface area (Å²) in [6.07, 6.45) is 7.88. The number of thioether (sulfide) groups is 1. The molecule has 0 radical (unpaired) electrons. The molecule has 2 aliphatic rings. The van der Waals surface area contributed by atoms with Crippen LogP contribution < -0.4 is 10.5 Å². The summed E-state index contributed by atoms with van der Waals surface area (Å²) < 4.78 is 2.37. The van der Waals surface area contributed by atoms with E-state index in [1.54, 1.807) is 9.47 Å². The van der Waals surface area contributed by atoms with Gasteiger partial charge in [0.25, 0.3) is 11.5 Å². The third-order valence-corrected chi connectivity index (χ3v) is 8.26. The number of thiocarbonyl (C=S) groups is 1. The van der Waals surface area contributed by atoms with Gasteiger partial charge < -0.3 is 4.90 Å². The third kappa shape index (κ3) is 6.00. The van der Waals surface area contributed by atoms with Gasteiger partial charge in [0.1, 0.15) is 21.8 Å². The normalized spacial score (nSPS) is 21.8. The van der Waals surface area contributed by atoms with Gasteiger partial charge in [0.15, 0.2) is 0 Å². The van der Waals surface area contributed by atoms with E-state index >= 15 is 0 Å². The fraction of sp³-hybridized carbons (Fsp3) is 0.630. The van der Waals surface area contributed by atoms with Gasteiger partial charge >= 0.3 is 0 Å². The van der Waals surface area contributed by atoms with E-state index in [4.69, 9.17) is 12.2 Å². The van der Waals surface area contributed by atoms with Crippen molar-refractivity contribution < 1.29 is 4.79 Å². The van der Waals surface area contributed by atoms with Crippen LogP contribution in [0.15, 0.2) is 9.70 Å². The minimum absolute atomic E-state index is 0.0772. The van der Waals surface area contributed by atoms with Gasteiger partial charge in [-0.3, -0.25) is 19.1 Å². The van der Waals surface area contributed by atoms with Gasteiger partial charge in [0.2, 0.25) is 0 Å². The number of nitrogens with zero attached hydrogens (tertiary/aromatic N) is 4. The van der Waals surface area contributed by atoms with Crippen molar-refractivity contribution in [3.63, 3.8) is 0 Å². The predicted molar refractivity (Wildman–Crippen MR) is 150 cm³/mol. The summed E-state index contributed by atoms with van der Waals surface area (Å²) in [5.74, 6) is 1.75. The molecule has 2 aliphatic heterocycles. The Bertz CT molecular complexity index is 1090. The second-order valence-corrected chi connectivity index (χ2v) is 11.7. The Balaban J connectivity index is 2.17. The number of unbranched alkanes of at least 4 members (excludes halogenated alkanes) is 3. The number of carbonyl (C=O) groups excluding carboxylic acids is 1. The molecule has 2 unspecified atom stereocenters. The molecule has 3 rings (SSSR count). The van der Waals surface area contributed by atoms with Crippen LogP contribution in [0.25, 0.3) is 6.08 Å². The van der Waals surface area contributed by atoms with Crippen molar-refractivity contribution in [3.8, 4) is 6.07 Å². The predicted octanol–water partition coefficient (Wildman–Crippen LogP) is 5.70. The molecule has 6 nitrogen and oxygen atoms in total. The quantitative estimate of drug-likeness (QED) is 0.239. The number of aromatic nitrogens is 1. The van der Waals surface area contributed by atoms with Gasteiger partial charge in [-0.25, -0.2) is 0 Å². The molecule has 0 N–H and O–H groups in total. The lowest BCUT2D eigenvalue weighted by Gasteiger charge is -2.39. The molecular formula is C27H38N4O2S2. The fourth-order valence-corrected chi connectivity index (χ4v) is 6.48. The number of hydrogen-bond acceptors (Lipinski definition) is 6. The van der Waals surface area contributed by atoms with Crippen LogP contribution in [0, 0.1) is 30.1 Å². The maximum atomic E-state index is 13.4. The molecule has 1 amide bonds. The Morgan fingerprint density at radius 1 is 1.09 bits per heavy atom. The van der Waals surface area contributed by atoms with Gasteiger partial charge in [0, 0.05) is 31.7 Å². The minimum Gasteiger partial charge on any atom is -0.357 e. The van der Waals surface area contributed by atoms with E-state index < -0.39 is 0 Å². The molecule has 0 bridgehead atoms. The number of rotatable bonds is 9. The van der Waals surface area contributed by atoms with Crippen LogP contribution in [0.1, 0.15) is 82.9 Å². The first kappa shape index (κ1) is 27.5. The summed E-state index contributed by atoms with van der Waals surface area (Å²) in [5, 5.41) is 9.88. The van der Waals surface area contributed by atoms with Crippen molar-refractivity contribution >= 4 is 46.1 Å². The molecule has 2 fully saturated rings. The summed E-state index contributed by atoms with van der Waals surface area (Å²) in [5.41, 5.74) is 1.37. The first-order chi connectivity index (χ1) is 16.7. The van der Waals surface area contributed by atoms with Crippen molar-refractivity contribution in [1.82, 2.24) is 9.47 Å². The Morgan fingerprint density at radius 3 is 2.34 bits per heavy atom. The maximum Gasteiger partial charge on any atom is 0.270 e. The van der Waals surface area contributed by atoms with Crippen LogP contribution >= 0.6 is 24.0 Å². The third-order valence-electron chi connectivity index (χ3n) is 6.88. The van der Waals surface area contributed by atoms with E-state index in [1.165, 1.54) is 11.8 Å². The van der Waals surface area contributed by atoms with Crippen molar-refractivity contribution in [2.45, 2.75) is 79.7 Å². The van der Waals surface area contributed by atoms with E-state index in [0.29, 0.717) is 39.7 Å². The zero-order chi connectivity index (χ0) is 25.7. The molecule has 0 aliphatic carbocycles. The Kier molecular flexibility index (Phi) is 9.60. The topological polar surface area (TPSA) is 69.3 Å². The molecule has 2 atom stereocenters. The largest absolute Gasteiger partial charge is 0.357 e. The first-order valence-corrected chi connectivity index (χ1v) is 14.1. The van der Waals surface area contributed by atoms with Crippen LogP contribution in [0.4, 0.5) is 5.82 Å². The molecule has 35 heavy (non-hydrogen) atoms. The van der Waals surface area contributed by atoms with E-state index in [9.17, 15) is 14.9 Å². The zero-order valence-electron chi connectivity index (χ0n) is 21.7. The summed E-state index contributed by atoms with van der Waals surface area (Å²) in [6, 6.07) is 2.15. The number of anilines is 1. The summed E-state index contributed by atoms with van der Waals surface area (Å²) in [4.78, 5) is 31.3. The van der Waals surface area contributed by atoms with Crippen LogP contribution in [0.2, 0.25) is 0 Å². The van der Waals surface area contributed by atoms with E-state index in [2.05, 4.69) is 38.7 Å². The van der Waals surface area contributed by atoms with E-state index in [1.807, 2.05) is 13.0 Å². The van der Waals surface area contributed by atoms with Gasteiger partial charge in [0.05, 0.1) is 4.91 Å². The molecule has 190 valence electrons. The Labute approximate surface area is 219 Å². The van der Waals surface area contributed by atoms with Crippen LogP contribution in [-0.4, -0.2) is 39.3 Å². The van der Waals surface area contributed by atoms with E-state index in [0.717, 1.165) is 63.0 Å². The van der Waals surface area contributed by atoms with Gasteiger partial charge in [-0.2, -0.15) is 5.26 Å². The fourth-order valence-electron chi connectivity index (χ4n) is 5.19. The van der Waals surface area contributed by atoms with Crippen LogP contribution in [-0.2, 0) is 11.3 Å². The molecule has 8 heteroatoms. The summed E-state index contributed by atoms with van der Waals surface area (Å²) >= 11 is 6.87. The maximum absolute atomic E-state index is 13.4. The lowest BCUT2D eigenvalue weighted by molar-refractivity contribution is -0.122. The highest BCUT2D eigenvalue weighted by Gasteiger charge is 2.33. The molecular weight excluding hydrogens is 476 g/mol. The Hall–Kier alpha value is -2.11. The molecule has 1 aromatic rings. The average Bonchev–Trinajstić information content (AvgIpc) is 3.07. The SMILES string of the molecule is CCCCCN1C(=O)/C(=C/c2c(C)c(C#N)c(=O)n(CCCC)c2N2CC(C)CC(C)C2)SC1=S. The van der Waals surface area contributed by atoms with Crippen molar-refractivity contribution in [2.24, 2.45) is 11.8 Å². The molecule has 0 spiro atoms. The molecule has 2 saturated heterocycles. The van der Waals surface area contributed by atoms with E-state index in [-0.39, 0.29) is 17.0 Å². The van der Waals surface area contributed by atoms with Gasteiger partial charge in [-0.05, 0) is 49.7 Å². The number of carbonyl (C=O) groups is 1. The smallest absolute Gasteiger partial charge is 0.270 e.